The zero-order valence-corrected chi connectivity index (χ0v) is 7.76. The minimum atomic E-state index is -1.08. The number of nitrogens with two attached hydrogens (primary N) is 2. The SMILES string of the molecule is NC(=O)NOC(=O)/C=C/C(=O)ONC(N)=O. The van der Waals surface area contributed by atoms with Crippen molar-refractivity contribution in [3.63, 3.8) is 0 Å². The monoisotopic (exact) mass is 232 g/mol. The third kappa shape index (κ3) is 7.85. The first-order chi connectivity index (χ1) is 7.41. The Morgan fingerprint density at radius 3 is 1.38 bits per heavy atom. The number of urea groups is 2. The van der Waals surface area contributed by atoms with Crippen molar-refractivity contribution in [3.05, 3.63) is 12.2 Å². The van der Waals surface area contributed by atoms with Crippen LogP contribution in [0.5, 0.6) is 0 Å². The molecule has 0 saturated carbocycles. The van der Waals surface area contributed by atoms with Crippen LogP contribution in [-0.4, -0.2) is 24.0 Å². The Labute approximate surface area is 88.4 Å². The van der Waals surface area contributed by atoms with Gasteiger partial charge in [-0.25, -0.2) is 19.2 Å². The number of rotatable bonds is 2. The quantitative estimate of drug-likeness (QED) is 0.311. The summed E-state index contributed by atoms with van der Waals surface area (Å²) in [6.07, 6.45) is 1.25. The highest BCUT2D eigenvalue weighted by Crippen LogP contribution is 1.81. The third-order valence-electron chi connectivity index (χ3n) is 0.860. The highest BCUT2D eigenvalue weighted by atomic mass is 16.7. The largest absolute Gasteiger partial charge is 0.356 e. The fourth-order valence-electron chi connectivity index (χ4n) is 0.405. The summed E-state index contributed by atoms with van der Waals surface area (Å²) in [4.78, 5) is 49.6. The molecule has 10 nitrogen and oxygen atoms in total. The lowest BCUT2D eigenvalue weighted by Crippen LogP contribution is -2.32. The molecule has 0 spiro atoms. The van der Waals surface area contributed by atoms with Gasteiger partial charge in [-0.15, -0.1) is 0 Å². The minimum Gasteiger partial charge on any atom is -0.349 e. The molecule has 0 atom stereocenters. The van der Waals surface area contributed by atoms with Crippen LogP contribution in [-0.2, 0) is 19.3 Å². The molecule has 0 aromatic carbocycles. The molecule has 0 rings (SSSR count). The number of carbonyl (C=O) groups is 4. The van der Waals surface area contributed by atoms with Crippen molar-refractivity contribution in [2.75, 3.05) is 0 Å². The van der Waals surface area contributed by atoms with Gasteiger partial charge in [0.15, 0.2) is 0 Å². The third-order valence-corrected chi connectivity index (χ3v) is 0.860. The van der Waals surface area contributed by atoms with Gasteiger partial charge >= 0.3 is 24.0 Å². The summed E-state index contributed by atoms with van der Waals surface area (Å²) >= 11 is 0. The summed E-state index contributed by atoms with van der Waals surface area (Å²) in [6, 6.07) is -2.17. The van der Waals surface area contributed by atoms with E-state index < -0.39 is 24.0 Å². The molecule has 6 N–H and O–H groups in total. The van der Waals surface area contributed by atoms with Crippen LogP contribution >= 0.6 is 0 Å². The van der Waals surface area contributed by atoms with E-state index in [9.17, 15) is 19.2 Å². The highest BCUT2D eigenvalue weighted by molar-refractivity contribution is 5.92. The maximum Gasteiger partial charge on any atom is 0.356 e. The lowest BCUT2D eigenvalue weighted by atomic mass is 10.5. The fraction of sp³-hybridized carbons (Fsp3) is 0. The Morgan fingerprint density at radius 2 is 1.12 bits per heavy atom. The Balaban J connectivity index is 3.88. The van der Waals surface area contributed by atoms with Crippen LogP contribution in [0.4, 0.5) is 9.59 Å². The normalized spacial score (nSPS) is 9.25. The molecule has 10 heteroatoms. The smallest absolute Gasteiger partial charge is 0.349 e. The Hall–Kier alpha value is -2.78. The summed E-state index contributed by atoms with van der Waals surface area (Å²) in [6.45, 7) is 0. The van der Waals surface area contributed by atoms with E-state index in [1.54, 1.807) is 0 Å². The first-order valence-corrected chi connectivity index (χ1v) is 3.62. The Morgan fingerprint density at radius 1 is 0.812 bits per heavy atom. The molecule has 0 saturated heterocycles. The van der Waals surface area contributed by atoms with E-state index in [4.69, 9.17) is 0 Å². The minimum absolute atomic E-state index is 0.626. The van der Waals surface area contributed by atoms with Crippen LogP contribution in [0.25, 0.3) is 0 Å². The van der Waals surface area contributed by atoms with E-state index in [1.165, 1.54) is 11.0 Å². The van der Waals surface area contributed by atoms with Crippen molar-refractivity contribution in [2.24, 2.45) is 11.5 Å². The highest BCUT2D eigenvalue weighted by Gasteiger charge is 2.03. The van der Waals surface area contributed by atoms with Gasteiger partial charge in [0.1, 0.15) is 0 Å². The van der Waals surface area contributed by atoms with Crippen LogP contribution in [0.2, 0.25) is 0 Å². The molecule has 4 amide bonds. The lowest BCUT2D eigenvalue weighted by Gasteiger charge is -1.99. The first-order valence-electron chi connectivity index (χ1n) is 3.62. The molecule has 0 aromatic heterocycles. The fourth-order valence-corrected chi connectivity index (χ4v) is 0.405. The number of hydrogen-bond donors (Lipinski definition) is 4. The van der Waals surface area contributed by atoms with Crippen LogP contribution in [0.1, 0.15) is 0 Å². The van der Waals surface area contributed by atoms with Crippen molar-refractivity contribution in [3.8, 4) is 0 Å². The molecule has 0 radical (unpaired) electrons. The van der Waals surface area contributed by atoms with Gasteiger partial charge in [-0.2, -0.15) is 11.0 Å². The number of primary amides is 2. The predicted molar refractivity (Wildman–Crippen MR) is 46.8 cm³/mol. The maximum atomic E-state index is 10.7. The number of carbonyl (C=O) groups excluding carboxylic acids is 4. The number of hydrogen-bond acceptors (Lipinski definition) is 6. The summed E-state index contributed by atoms with van der Waals surface area (Å²) < 4.78 is 0. The van der Waals surface area contributed by atoms with Gasteiger partial charge in [0.2, 0.25) is 0 Å². The summed E-state index contributed by atoms with van der Waals surface area (Å²) in [5.74, 6) is -2.15. The maximum absolute atomic E-state index is 10.7. The van der Waals surface area contributed by atoms with Crippen molar-refractivity contribution in [1.82, 2.24) is 11.0 Å². The molecule has 0 unspecified atom stereocenters. The summed E-state index contributed by atoms with van der Waals surface area (Å²) in [5.41, 5.74) is 12.2. The molecule has 0 aliphatic heterocycles. The van der Waals surface area contributed by atoms with Crippen LogP contribution in [0.3, 0.4) is 0 Å². The molecular formula is C6H8N4O6. The van der Waals surface area contributed by atoms with Crippen molar-refractivity contribution < 1.29 is 28.9 Å². The molecule has 88 valence electrons. The molecular weight excluding hydrogens is 224 g/mol. The van der Waals surface area contributed by atoms with Crippen molar-refractivity contribution >= 4 is 24.0 Å². The van der Waals surface area contributed by atoms with E-state index in [0.717, 1.165) is 0 Å². The average molecular weight is 232 g/mol. The first kappa shape index (κ1) is 13.2. The number of nitrogens with one attached hydrogen (secondary N) is 2. The Bertz CT molecular complexity index is 306. The predicted octanol–water partition coefficient (Wildman–Crippen LogP) is -2.20. The van der Waals surface area contributed by atoms with Gasteiger partial charge in [0.25, 0.3) is 0 Å². The van der Waals surface area contributed by atoms with E-state index in [0.29, 0.717) is 12.2 Å². The number of amides is 4. The van der Waals surface area contributed by atoms with Gasteiger partial charge in [0.05, 0.1) is 0 Å². The van der Waals surface area contributed by atoms with E-state index in [1.807, 2.05) is 0 Å². The summed E-state index contributed by atoms with van der Waals surface area (Å²) in [7, 11) is 0. The molecule has 0 heterocycles. The van der Waals surface area contributed by atoms with E-state index >= 15 is 0 Å². The number of hydroxylamine groups is 2. The van der Waals surface area contributed by atoms with Crippen molar-refractivity contribution in [2.45, 2.75) is 0 Å². The van der Waals surface area contributed by atoms with Gasteiger partial charge in [0, 0.05) is 12.2 Å². The molecule has 0 fully saturated rings. The van der Waals surface area contributed by atoms with E-state index in [2.05, 4.69) is 21.1 Å². The van der Waals surface area contributed by atoms with Gasteiger partial charge in [-0.1, -0.05) is 0 Å². The second-order valence-electron chi connectivity index (χ2n) is 2.11. The van der Waals surface area contributed by atoms with Gasteiger partial charge in [-0.3, -0.25) is 0 Å². The van der Waals surface area contributed by atoms with Crippen molar-refractivity contribution in [1.29, 1.82) is 0 Å². The average Bonchev–Trinajstić information content (AvgIpc) is 2.20. The zero-order valence-electron chi connectivity index (χ0n) is 7.76. The molecule has 16 heavy (non-hydrogen) atoms. The second kappa shape index (κ2) is 6.64. The summed E-state index contributed by atoms with van der Waals surface area (Å²) in [5, 5.41) is 0. The van der Waals surface area contributed by atoms with Crippen LogP contribution in [0, 0.1) is 0 Å². The lowest BCUT2D eigenvalue weighted by molar-refractivity contribution is -0.145. The topological polar surface area (TPSA) is 163 Å². The second-order valence-corrected chi connectivity index (χ2v) is 2.11. The standard InChI is InChI=1S/C6H8N4O6/c7-5(13)9-15-3(11)1-2-4(12)16-10-6(8)14/h1-2H,(H3,7,9,13)(H3,8,10,14)/b2-1+. The van der Waals surface area contributed by atoms with E-state index in [-0.39, 0.29) is 0 Å². The van der Waals surface area contributed by atoms with Gasteiger partial charge < -0.3 is 21.1 Å². The molecule has 0 aromatic rings. The Kier molecular flexibility index (Phi) is 5.49. The molecule has 0 aliphatic carbocycles. The van der Waals surface area contributed by atoms with Gasteiger partial charge in [-0.05, 0) is 0 Å². The zero-order chi connectivity index (χ0) is 12.6. The van der Waals surface area contributed by atoms with Crippen LogP contribution < -0.4 is 22.4 Å². The molecule has 0 aliphatic rings. The molecule has 0 bridgehead atoms. The van der Waals surface area contributed by atoms with Crippen LogP contribution in [0.15, 0.2) is 12.2 Å².